The Labute approximate surface area is 350 Å². The quantitative estimate of drug-likeness (QED) is 0.154. The summed E-state index contributed by atoms with van der Waals surface area (Å²) < 4.78 is 13.5. The normalized spacial score (nSPS) is 13.2. The van der Waals surface area contributed by atoms with Gasteiger partial charge < -0.3 is 19.0 Å². The van der Waals surface area contributed by atoms with E-state index < -0.39 is 5.41 Å². The van der Waals surface area contributed by atoms with Gasteiger partial charge in [0.1, 0.15) is 22.8 Å². The molecule has 2 aliphatic rings. The maximum absolute atomic E-state index is 6.78. The third-order valence-electron chi connectivity index (χ3n) is 11.9. The number of allylic oxidation sites excluding steroid dienone is 1. The van der Waals surface area contributed by atoms with Gasteiger partial charge in [0.05, 0.1) is 5.41 Å². The molecule has 0 radical (unpaired) electrons. The first-order valence-corrected chi connectivity index (χ1v) is 20.5. The number of para-hydroxylation sites is 4. The van der Waals surface area contributed by atoms with Crippen molar-refractivity contribution in [1.29, 1.82) is 0 Å². The molecule has 286 valence electrons. The highest BCUT2D eigenvalue weighted by Gasteiger charge is 2.51. The zero-order valence-corrected chi connectivity index (χ0v) is 33.1. The highest BCUT2D eigenvalue weighted by atomic mass is 16.5. The molecule has 11 rings (SSSR count). The van der Waals surface area contributed by atoms with Crippen LogP contribution in [0.15, 0.2) is 217 Å². The predicted molar refractivity (Wildman–Crippen MR) is 247 cm³/mol. The fourth-order valence-corrected chi connectivity index (χ4v) is 9.37. The van der Waals surface area contributed by atoms with Crippen molar-refractivity contribution < 1.29 is 9.15 Å². The Bertz CT molecular complexity index is 3010. The van der Waals surface area contributed by atoms with Crippen molar-refractivity contribution >= 4 is 51.6 Å². The van der Waals surface area contributed by atoms with Crippen molar-refractivity contribution in [2.75, 3.05) is 9.80 Å². The van der Waals surface area contributed by atoms with E-state index in [2.05, 4.69) is 210 Å². The van der Waals surface area contributed by atoms with Crippen LogP contribution in [-0.2, 0) is 5.41 Å². The molecule has 0 amide bonds. The van der Waals surface area contributed by atoms with Gasteiger partial charge in [0.2, 0.25) is 0 Å². The molecule has 1 aliphatic heterocycles. The van der Waals surface area contributed by atoms with Gasteiger partial charge in [0, 0.05) is 62.8 Å². The summed E-state index contributed by atoms with van der Waals surface area (Å²) in [6.45, 7) is 2.02. The van der Waals surface area contributed by atoms with Crippen molar-refractivity contribution in [3.63, 3.8) is 0 Å². The van der Waals surface area contributed by atoms with E-state index in [9.17, 15) is 0 Å². The number of benzene rings is 8. The summed E-state index contributed by atoms with van der Waals surface area (Å²) in [4.78, 5) is 4.52. The van der Waals surface area contributed by atoms with Crippen LogP contribution in [-0.4, -0.2) is 0 Å². The van der Waals surface area contributed by atoms with Gasteiger partial charge >= 0.3 is 0 Å². The molecule has 60 heavy (non-hydrogen) atoms. The SMILES string of the molecule is C/C=C\c1oc2cc(N(c3ccccc3)c3ccc4c(c3)C3(c5ccccc5O4)c4ccccc4-c4ccccc43)ccc2c1/C=C/N(c1ccccc1)c1ccccc1. The largest absolute Gasteiger partial charge is 0.457 e. The van der Waals surface area contributed by atoms with Gasteiger partial charge in [-0.2, -0.15) is 0 Å². The Morgan fingerprint density at radius 2 is 0.983 bits per heavy atom. The van der Waals surface area contributed by atoms with E-state index in [1.807, 2.05) is 31.2 Å². The maximum atomic E-state index is 6.78. The van der Waals surface area contributed by atoms with Crippen LogP contribution in [0, 0.1) is 0 Å². The van der Waals surface area contributed by atoms with E-state index in [4.69, 9.17) is 9.15 Å². The van der Waals surface area contributed by atoms with Gasteiger partial charge in [-0.1, -0.05) is 127 Å². The minimum atomic E-state index is -0.573. The summed E-state index contributed by atoms with van der Waals surface area (Å²) in [5.74, 6) is 2.54. The third-order valence-corrected chi connectivity index (χ3v) is 11.9. The summed E-state index contributed by atoms with van der Waals surface area (Å²) in [7, 11) is 0. The van der Waals surface area contributed by atoms with Crippen LogP contribution >= 0.6 is 0 Å². The second-order valence-electron chi connectivity index (χ2n) is 15.2. The van der Waals surface area contributed by atoms with Crippen LogP contribution in [0.4, 0.5) is 28.4 Å². The molecular formula is C56H40N2O2. The predicted octanol–water partition coefficient (Wildman–Crippen LogP) is 15.2. The Kier molecular flexibility index (Phi) is 8.56. The fraction of sp³-hybridized carbons (Fsp3) is 0.0357. The molecular weight excluding hydrogens is 733 g/mol. The molecule has 0 fully saturated rings. The molecule has 0 unspecified atom stereocenters. The molecule has 2 heterocycles. The molecule has 1 spiro atoms. The third kappa shape index (κ3) is 5.60. The summed E-state index contributed by atoms with van der Waals surface area (Å²) in [6.07, 6.45) is 8.37. The van der Waals surface area contributed by atoms with Crippen molar-refractivity contribution in [3.8, 4) is 22.6 Å². The van der Waals surface area contributed by atoms with Crippen molar-refractivity contribution in [3.05, 3.63) is 246 Å². The standard InChI is InChI=1S/C56H40N2O2/c1-2-18-52-47(35-36-57(39-19-6-3-7-20-39)40-21-8-4-9-22-40)46-33-31-43(38-55(46)59-52)58(41-23-10-5-11-24-41)42-32-34-54-51(37-42)56(50-29-16-17-30-53(50)60-54)48-27-14-12-25-44(48)45-26-13-15-28-49(45)56/h2-38H,1H3/b18-2-,36-35+. The molecule has 0 bridgehead atoms. The zero-order chi connectivity index (χ0) is 40.0. The summed E-state index contributed by atoms with van der Waals surface area (Å²) in [5, 5.41) is 1.03. The molecule has 4 heteroatoms. The topological polar surface area (TPSA) is 28.9 Å². The van der Waals surface area contributed by atoms with Crippen molar-refractivity contribution in [1.82, 2.24) is 0 Å². The van der Waals surface area contributed by atoms with Gasteiger partial charge in [-0.25, -0.2) is 0 Å². The van der Waals surface area contributed by atoms with Crippen LogP contribution < -0.4 is 14.5 Å². The first kappa shape index (κ1) is 35.4. The first-order valence-electron chi connectivity index (χ1n) is 20.5. The second-order valence-corrected chi connectivity index (χ2v) is 15.2. The lowest BCUT2D eigenvalue weighted by atomic mass is 9.66. The van der Waals surface area contributed by atoms with E-state index in [1.54, 1.807) is 0 Å². The maximum Gasteiger partial charge on any atom is 0.137 e. The van der Waals surface area contributed by atoms with Gasteiger partial charge in [0.25, 0.3) is 0 Å². The van der Waals surface area contributed by atoms with Crippen LogP contribution in [0.3, 0.4) is 0 Å². The number of furan rings is 1. The van der Waals surface area contributed by atoms with E-state index in [1.165, 1.54) is 22.3 Å². The molecule has 1 aromatic heterocycles. The number of anilines is 5. The Balaban J connectivity index is 1.07. The second kappa shape index (κ2) is 14.5. The van der Waals surface area contributed by atoms with Crippen LogP contribution in [0.25, 0.3) is 34.2 Å². The molecule has 8 aromatic carbocycles. The lowest BCUT2D eigenvalue weighted by molar-refractivity contribution is 0.436. The van der Waals surface area contributed by atoms with Crippen molar-refractivity contribution in [2.24, 2.45) is 0 Å². The van der Waals surface area contributed by atoms with Gasteiger partial charge in [-0.05, 0) is 114 Å². The smallest absolute Gasteiger partial charge is 0.137 e. The minimum absolute atomic E-state index is 0.573. The Hall–Kier alpha value is -7.82. The highest BCUT2D eigenvalue weighted by Crippen LogP contribution is 2.62. The first-order chi connectivity index (χ1) is 29.7. The average Bonchev–Trinajstić information content (AvgIpc) is 3.80. The summed E-state index contributed by atoms with van der Waals surface area (Å²) in [6, 6.07) is 70.9. The minimum Gasteiger partial charge on any atom is -0.457 e. The van der Waals surface area contributed by atoms with E-state index in [0.29, 0.717) is 0 Å². The Morgan fingerprint density at radius 3 is 1.63 bits per heavy atom. The van der Waals surface area contributed by atoms with Crippen LogP contribution in [0.2, 0.25) is 0 Å². The van der Waals surface area contributed by atoms with Gasteiger partial charge in [0.15, 0.2) is 0 Å². The number of nitrogens with zero attached hydrogens (tertiary/aromatic N) is 2. The summed E-state index contributed by atoms with van der Waals surface area (Å²) >= 11 is 0. The number of hydrogen-bond donors (Lipinski definition) is 0. The number of fused-ring (bicyclic) bond motifs is 10. The summed E-state index contributed by atoms with van der Waals surface area (Å²) in [5.41, 5.74) is 13.7. The number of ether oxygens (including phenoxy) is 1. The lowest BCUT2D eigenvalue weighted by Crippen LogP contribution is -2.32. The molecule has 0 saturated heterocycles. The van der Waals surface area contributed by atoms with Crippen LogP contribution in [0.1, 0.15) is 40.5 Å². The average molecular weight is 773 g/mol. The van der Waals surface area contributed by atoms with Crippen LogP contribution in [0.5, 0.6) is 11.5 Å². The molecule has 0 N–H and O–H groups in total. The van der Waals surface area contributed by atoms with E-state index in [0.717, 1.165) is 73.4 Å². The molecule has 1 aliphatic carbocycles. The van der Waals surface area contributed by atoms with E-state index >= 15 is 0 Å². The van der Waals surface area contributed by atoms with Crippen molar-refractivity contribution in [2.45, 2.75) is 12.3 Å². The highest BCUT2D eigenvalue weighted by molar-refractivity contribution is 5.95. The number of rotatable bonds is 8. The molecule has 0 atom stereocenters. The molecule has 0 saturated carbocycles. The zero-order valence-electron chi connectivity index (χ0n) is 33.1. The van der Waals surface area contributed by atoms with Gasteiger partial charge in [-0.3, -0.25) is 0 Å². The van der Waals surface area contributed by atoms with E-state index in [-0.39, 0.29) is 0 Å². The Morgan fingerprint density at radius 1 is 0.450 bits per heavy atom. The molecule has 9 aromatic rings. The number of hydrogen-bond acceptors (Lipinski definition) is 4. The fourth-order valence-electron chi connectivity index (χ4n) is 9.37. The molecule has 4 nitrogen and oxygen atoms in total. The lowest BCUT2D eigenvalue weighted by Gasteiger charge is -2.40. The van der Waals surface area contributed by atoms with Gasteiger partial charge in [-0.15, -0.1) is 0 Å². The monoisotopic (exact) mass is 772 g/mol.